The first-order valence-corrected chi connectivity index (χ1v) is 7.06. The molecule has 94 valence electrons. The summed E-state index contributed by atoms with van der Waals surface area (Å²) in [6, 6.07) is 4.42. The van der Waals surface area contributed by atoms with Crippen LogP contribution in [0.4, 0.5) is 0 Å². The zero-order valence-electron chi connectivity index (χ0n) is 9.27. The molecule has 0 unspecified atom stereocenters. The van der Waals surface area contributed by atoms with Gasteiger partial charge in [-0.3, -0.25) is 0 Å². The number of halogens is 1. The van der Waals surface area contributed by atoms with Gasteiger partial charge < -0.3 is 8.92 Å². The molecular weight excluding hydrogens is 312 g/mol. The Balaban J connectivity index is 3.21. The van der Waals surface area contributed by atoms with Gasteiger partial charge >= 0.3 is 16.1 Å². The predicted octanol–water partition coefficient (Wildman–Crippen LogP) is 1.96. The van der Waals surface area contributed by atoms with Gasteiger partial charge in [0.2, 0.25) is 0 Å². The monoisotopic (exact) mass is 322 g/mol. The second-order valence-corrected chi connectivity index (χ2v) is 5.84. The summed E-state index contributed by atoms with van der Waals surface area (Å²) in [6.45, 7) is 1.45. The third kappa shape index (κ3) is 3.71. The van der Waals surface area contributed by atoms with Crippen LogP contribution in [0.25, 0.3) is 0 Å². The molecule has 0 atom stereocenters. The van der Waals surface area contributed by atoms with E-state index >= 15 is 0 Å². The first kappa shape index (κ1) is 14.0. The minimum absolute atomic E-state index is 0.0481. The molecule has 0 aliphatic rings. The minimum atomic E-state index is -3.68. The van der Waals surface area contributed by atoms with Crippen LogP contribution in [-0.4, -0.2) is 27.2 Å². The average Bonchev–Trinajstić information content (AvgIpc) is 2.28. The van der Waals surface area contributed by atoms with Crippen molar-refractivity contribution >= 4 is 32.0 Å². The number of carbonyl (C=O) groups is 1. The fourth-order valence-corrected chi connectivity index (χ4v) is 1.91. The van der Waals surface area contributed by atoms with E-state index in [1.54, 1.807) is 6.07 Å². The van der Waals surface area contributed by atoms with E-state index in [0.29, 0.717) is 4.47 Å². The number of carbonyl (C=O) groups excluding carboxylic acids is 1. The molecule has 17 heavy (non-hydrogen) atoms. The third-order valence-corrected chi connectivity index (χ3v) is 3.55. The molecule has 0 aromatic heterocycles. The van der Waals surface area contributed by atoms with Gasteiger partial charge in [-0.05, 0) is 25.1 Å². The van der Waals surface area contributed by atoms with Crippen LogP contribution in [0.5, 0.6) is 5.75 Å². The molecule has 0 aliphatic carbocycles. The summed E-state index contributed by atoms with van der Waals surface area (Å²) in [4.78, 5) is 11.4. The zero-order valence-corrected chi connectivity index (χ0v) is 11.7. The van der Waals surface area contributed by atoms with Crippen molar-refractivity contribution in [1.82, 2.24) is 0 Å². The Morgan fingerprint density at radius 3 is 2.59 bits per heavy atom. The van der Waals surface area contributed by atoms with Crippen molar-refractivity contribution in [2.24, 2.45) is 0 Å². The van der Waals surface area contributed by atoms with Gasteiger partial charge in [0, 0.05) is 4.47 Å². The number of ether oxygens (including phenoxy) is 1. The number of methoxy groups -OCH3 is 1. The normalized spacial score (nSPS) is 11.0. The van der Waals surface area contributed by atoms with Crippen LogP contribution in [0.15, 0.2) is 22.7 Å². The Morgan fingerprint density at radius 1 is 1.41 bits per heavy atom. The van der Waals surface area contributed by atoms with Gasteiger partial charge in [0.15, 0.2) is 5.75 Å². The van der Waals surface area contributed by atoms with E-state index in [0.717, 1.165) is 0 Å². The molecule has 1 aromatic carbocycles. The van der Waals surface area contributed by atoms with Gasteiger partial charge in [-0.1, -0.05) is 15.9 Å². The molecule has 0 bridgehead atoms. The topological polar surface area (TPSA) is 69.7 Å². The largest absolute Gasteiger partial charge is 0.465 e. The maximum absolute atomic E-state index is 11.4. The van der Waals surface area contributed by atoms with E-state index in [9.17, 15) is 13.2 Å². The smallest absolute Gasteiger partial charge is 0.341 e. The van der Waals surface area contributed by atoms with Gasteiger partial charge in [-0.25, -0.2) is 4.79 Å². The van der Waals surface area contributed by atoms with Crippen LogP contribution >= 0.6 is 15.9 Å². The molecule has 5 nitrogen and oxygen atoms in total. The Morgan fingerprint density at radius 2 is 2.06 bits per heavy atom. The van der Waals surface area contributed by atoms with Gasteiger partial charge in [0.25, 0.3) is 0 Å². The number of rotatable bonds is 4. The molecule has 0 radical (unpaired) electrons. The quantitative estimate of drug-likeness (QED) is 0.626. The van der Waals surface area contributed by atoms with Crippen molar-refractivity contribution < 1.29 is 22.1 Å². The Kier molecular flexibility index (Phi) is 4.53. The summed E-state index contributed by atoms with van der Waals surface area (Å²) in [5.74, 6) is -0.882. The Hall–Kier alpha value is -1.08. The zero-order chi connectivity index (χ0) is 13.1. The summed E-state index contributed by atoms with van der Waals surface area (Å²) in [6.07, 6.45) is 0. The molecule has 0 fully saturated rings. The highest BCUT2D eigenvalue weighted by Crippen LogP contribution is 2.25. The first-order valence-electron chi connectivity index (χ1n) is 4.69. The number of hydrogen-bond acceptors (Lipinski definition) is 5. The van der Waals surface area contributed by atoms with Gasteiger partial charge in [0.1, 0.15) is 5.56 Å². The van der Waals surface area contributed by atoms with Crippen molar-refractivity contribution in [3.8, 4) is 5.75 Å². The lowest BCUT2D eigenvalue weighted by Gasteiger charge is -2.09. The second-order valence-electron chi connectivity index (χ2n) is 3.06. The lowest BCUT2D eigenvalue weighted by Crippen LogP contribution is -2.14. The third-order valence-electron chi connectivity index (χ3n) is 1.92. The van der Waals surface area contributed by atoms with Crippen molar-refractivity contribution in [3.63, 3.8) is 0 Å². The van der Waals surface area contributed by atoms with Crippen LogP contribution in [0.1, 0.15) is 17.3 Å². The molecule has 1 rings (SSSR count). The van der Waals surface area contributed by atoms with Gasteiger partial charge in [-0.15, -0.1) is 0 Å². The van der Waals surface area contributed by atoms with E-state index in [1.165, 1.54) is 26.2 Å². The lowest BCUT2D eigenvalue weighted by molar-refractivity contribution is 0.0599. The molecule has 0 saturated carbocycles. The molecular formula is C10H11BrO5S. The fraction of sp³-hybridized carbons (Fsp3) is 0.300. The van der Waals surface area contributed by atoms with Crippen LogP contribution < -0.4 is 4.18 Å². The summed E-state index contributed by atoms with van der Waals surface area (Å²) < 4.78 is 32.7. The van der Waals surface area contributed by atoms with Crippen LogP contribution in [-0.2, 0) is 14.9 Å². The van der Waals surface area contributed by atoms with Crippen LogP contribution in [0.3, 0.4) is 0 Å². The Bertz CT molecular complexity index is 523. The number of benzene rings is 1. The SMILES string of the molecule is CCS(=O)(=O)Oc1cc(Br)ccc1C(=O)OC. The summed E-state index contributed by atoms with van der Waals surface area (Å²) in [5.41, 5.74) is 0.0627. The summed E-state index contributed by atoms with van der Waals surface area (Å²) in [7, 11) is -2.47. The highest BCUT2D eigenvalue weighted by atomic mass is 79.9. The predicted molar refractivity (Wildman–Crippen MR) is 65.6 cm³/mol. The van der Waals surface area contributed by atoms with Crippen molar-refractivity contribution in [2.75, 3.05) is 12.9 Å². The van der Waals surface area contributed by atoms with Gasteiger partial charge in [-0.2, -0.15) is 8.42 Å². The molecule has 0 aliphatic heterocycles. The van der Waals surface area contributed by atoms with Gasteiger partial charge in [0.05, 0.1) is 12.9 Å². The molecule has 1 aromatic rings. The molecule has 7 heteroatoms. The Labute approximate surface area is 108 Å². The molecule has 0 amide bonds. The van der Waals surface area contributed by atoms with E-state index < -0.39 is 16.1 Å². The average molecular weight is 323 g/mol. The molecule has 0 spiro atoms. The summed E-state index contributed by atoms with van der Waals surface area (Å²) >= 11 is 3.17. The van der Waals surface area contributed by atoms with E-state index in [4.69, 9.17) is 4.18 Å². The van der Waals surface area contributed by atoms with Crippen LogP contribution in [0, 0.1) is 0 Å². The highest BCUT2D eigenvalue weighted by molar-refractivity contribution is 9.10. The van der Waals surface area contributed by atoms with E-state index in [1.807, 2.05) is 0 Å². The number of hydrogen-bond donors (Lipinski definition) is 0. The molecule has 0 saturated heterocycles. The lowest BCUT2D eigenvalue weighted by atomic mass is 10.2. The maximum atomic E-state index is 11.4. The van der Waals surface area contributed by atoms with E-state index in [2.05, 4.69) is 20.7 Å². The van der Waals surface area contributed by atoms with Crippen molar-refractivity contribution in [3.05, 3.63) is 28.2 Å². The van der Waals surface area contributed by atoms with Crippen LogP contribution in [0.2, 0.25) is 0 Å². The summed E-state index contributed by atoms with van der Waals surface area (Å²) in [5, 5.41) is 0. The van der Waals surface area contributed by atoms with E-state index in [-0.39, 0.29) is 17.1 Å². The standard InChI is InChI=1S/C10H11BrO5S/c1-3-17(13,14)16-9-6-7(11)4-5-8(9)10(12)15-2/h4-6H,3H2,1-2H3. The second kappa shape index (κ2) is 5.50. The molecule has 0 N–H and O–H groups in total. The minimum Gasteiger partial charge on any atom is -0.465 e. The fourth-order valence-electron chi connectivity index (χ4n) is 1.04. The maximum Gasteiger partial charge on any atom is 0.341 e. The first-order chi connectivity index (χ1) is 7.89. The highest BCUT2D eigenvalue weighted by Gasteiger charge is 2.18. The van der Waals surface area contributed by atoms with Crippen molar-refractivity contribution in [1.29, 1.82) is 0 Å². The van der Waals surface area contributed by atoms with Crippen molar-refractivity contribution in [2.45, 2.75) is 6.92 Å². The molecule has 0 heterocycles. The number of esters is 1.